The minimum atomic E-state index is -4.81. The van der Waals surface area contributed by atoms with Crippen molar-refractivity contribution in [3.8, 4) is 5.75 Å². The standard InChI is InChI=1S/C36H37F3N2O5/c37-36(38,39)46-31-20-18-30(19-21-31)35(43)40-23-10-17-32(44-25-27-11-4-1-5-12-27)33(45-26-28-13-6-2-7-14-28)22-24-41-34(42)29-15-8-3-9-16-29/h1-9,11-16,18-21,32-33H,10,17,22-26H2,(H,40,43)(H,41,42). The lowest BCUT2D eigenvalue weighted by Gasteiger charge is -2.28. The molecule has 0 heterocycles. The maximum absolute atomic E-state index is 12.7. The Bertz CT molecular complexity index is 1470. The molecule has 2 N–H and O–H groups in total. The molecule has 2 unspecified atom stereocenters. The first-order valence-electron chi connectivity index (χ1n) is 15.0. The van der Waals surface area contributed by atoms with Crippen LogP contribution < -0.4 is 15.4 Å². The zero-order chi connectivity index (χ0) is 32.6. The van der Waals surface area contributed by atoms with Crippen molar-refractivity contribution >= 4 is 11.8 Å². The van der Waals surface area contributed by atoms with Crippen LogP contribution in [0, 0.1) is 0 Å². The van der Waals surface area contributed by atoms with Gasteiger partial charge in [-0.05, 0) is 66.8 Å². The molecule has 4 aromatic carbocycles. The number of carbonyl (C=O) groups is 2. The molecule has 46 heavy (non-hydrogen) atoms. The van der Waals surface area contributed by atoms with Crippen molar-refractivity contribution in [2.24, 2.45) is 0 Å². The predicted octanol–water partition coefficient (Wildman–Crippen LogP) is 7.09. The maximum Gasteiger partial charge on any atom is 0.573 e. The third kappa shape index (κ3) is 12.0. The van der Waals surface area contributed by atoms with Crippen molar-refractivity contribution in [1.82, 2.24) is 10.6 Å². The topological polar surface area (TPSA) is 85.9 Å². The number of hydrogen-bond donors (Lipinski definition) is 2. The molecule has 2 atom stereocenters. The van der Waals surface area contributed by atoms with E-state index in [9.17, 15) is 22.8 Å². The monoisotopic (exact) mass is 634 g/mol. The summed E-state index contributed by atoms with van der Waals surface area (Å²) in [6.45, 7) is 1.38. The van der Waals surface area contributed by atoms with Crippen LogP contribution in [0.3, 0.4) is 0 Å². The second-order valence-corrected chi connectivity index (χ2v) is 10.6. The number of alkyl halides is 3. The smallest absolute Gasteiger partial charge is 0.406 e. The Morgan fingerprint density at radius 3 is 1.57 bits per heavy atom. The number of benzene rings is 4. The molecule has 4 aromatic rings. The summed E-state index contributed by atoms with van der Waals surface area (Å²) in [4.78, 5) is 25.3. The van der Waals surface area contributed by atoms with E-state index >= 15 is 0 Å². The molecule has 0 aliphatic carbocycles. The lowest BCUT2D eigenvalue weighted by molar-refractivity contribution is -0.274. The molecular formula is C36H37F3N2O5. The Hall–Kier alpha value is -4.67. The Labute approximate surface area is 266 Å². The van der Waals surface area contributed by atoms with Crippen molar-refractivity contribution in [2.75, 3.05) is 13.1 Å². The number of amides is 2. The van der Waals surface area contributed by atoms with E-state index in [1.54, 1.807) is 12.1 Å². The van der Waals surface area contributed by atoms with Crippen LogP contribution in [-0.4, -0.2) is 43.5 Å². The highest BCUT2D eigenvalue weighted by Crippen LogP contribution is 2.23. The van der Waals surface area contributed by atoms with E-state index in [0.29, 0.717) is 51.1 Å². The summed E-state index contributed by atoms with van der Waals surface area (Å²) >= 11 is 0. The molecule has 2 amide bonds. The van der Waals surface area contributed by atoms with Crippen LogP contribution in [0.4, 0.5) is 13.2 Å². The van der Waals surface area contributed by atoms with Gasteiger partial charge in [0.15, 0.2) is 0 Å². The number of carbonyl (C=O) groups excluding carboxylic acids is 2. The van der Waals surface area contributed by atoms with Crippen molar-refractivity contribution in [2.45, 2.75) is 51.0 Å². The minimum absolute atomic E-state index is 0.176. The van der Waals surface area contributed by atoms with E-state index in [2.05, 4.69) is 15.4 Å². The fraction of sp³-hybridized carbons (Fsp3) is 0.278. The van der Waals surface area contributed by atoms with E-state index in [4.69, 9.17) is 9.47 Å². The first kappa shape index (κ1) is 34.2. The SMILES string of the molecule is O=C(NCCCC(OCc1ccccc1)C(CCNC(=O)c1ccccc1)OCc1ccccc1)c1ccc(OC(F)(F)F)cc1. The third-order valence-corrected chi connectivity index (χ3v) is 7.08. The fourth-order valence-corrected chi connectivity index (χ4v) is 4.74. The van der Waals surface area contributed by atoms with Crippen LogP contribution in [0.25, 0.3) is 0 Å². The van der Waals surface area contributed by atoms with Gasteiger partial charge in [0.1, 0.15) is 5.75 Å². The largest absolute Gasteiger partial charge is 0.573 e. The first-order valence-corrected chi connectivity index (χ1v) is 15.0. The number of nitrogens with one attached hydrogen (secondary N) is 2. The van der Waals surface area contributed by atoms with E-state index in [1.165, 1.54) is 12.1 Å². The van der Waals surface area contributed by atoms with Gasteiger partial charge >= 0.3 is 6.36 Å². The summed E-state index contributed by atoms with van der Waals surface area (Å²) in [5.41, 5.74) is 2.78. The maximum atomic E-state index is 12.7. The number of rotatable bonds is 17. The fourth-order valence-electron chi connectivity index (χ4n) is 4.74. The number of halogens is 3. The summed E-state index contributed by atoms with van der Waals surface area (Å²) in [6.07, 6.45) is -3.98. The Kier molecular flexibility index (Phi) is 13.2. The van der Waals surface area contributed by atoms with Gasteiger partial charge in [-0.25, -0.2) is 0 Å². The molecule has 7 nitrogen and oxygen atoms in total. The molecule has 0 aromatic heterocycles. The van der Waals surface area contributed by atoms with E-state index < -0.39 is 18.0 Å². The van der Waals surface area contributed by atoms with Gasteiger partial charge in [0.25, 0.3) is 11.8 Å². The first-order chi connectivity index (χ1) is 22.3. The third-order valence-electron chi connectivity index (χ3n) is 7.08. The summed E-state index contributed by atoms with van der Waals surface area (Å²) in [6, 6.07) is 33.3. The second kappa shape index (κ2) is 17.7. The zero-order valence-electron chi connectivity index (χ0n) is 25.2. The Balaban J connectivity index is 1.38. The zero-order valence-corrected chi connectivity index (χ0v) is 25.2. The van der Waals surface area contributed by atoms with Gasteiger partial charge in [-0.2, -0.15) is 0 Å². The number of hydrogen-bond acceptors (Lipinski definition) is 5. The highest BCUT2D eigenvalue weighted by Gasteiger charge is 2.31. The molecule has 0 aliphatic heterocycles. The van der Waals surface area contributed by atoms with E-state index in [0.717, 1.165) is 23.3 Å². The van der Waals surface area contributed by atoms with Crippen LogP contribution in [0.2, 0.25) is 0 Å². The van der Waals surface area contributed by atoms with E-state index in [-0.39, 0.29) is 23.7 Å². The predicted molar refractivity (Wildman–Crippen MR) is 168 cm³/mol. The van der Waals surface area contributed by atoms with Gasteiger partial charge in [-0.1, -0.05) is 78.9 Å². The van der Waals surface area contributed by atoms with E-state index in [1.807, 2.05) is 78.9 Å². The molecule has 0 radical (unpaired) electrons. The average Bonchev–Trinajstić information content (AvgIpc) is 3.07. The van der Waals surface area contributed by atoms with Gasteiger partial charge in [-0.15, -0.1) is 13.2 Å². The molecule has 0 bridgehead atoms. The van der Waals surface area contributed by atoms with Crippen molar-refractivity contribution in [1.29, 1.82) is 0 Å². The minimum Gasteiger partial charge on any atom is -0.406 e. The quantitative estimate of drug-likeness (QED) is 0.121. The van der Waals surface area contributed by atoms with Gasteiger partial charge in [0.05, 0.1) is 25.4 Å². The van der Waals surface area contributed by atoms with Crippen LogP contribution in [0.15, 0.2) is 115 Å². The molecule has 0 saturated carbocycles. The molecule has 0 fully saturated rings. The van der Waals surface area contributed by atoms with Crippen molar-refractivity contribution < 1.29 is 37.0 Å². The average molecular weight is 635 g/mol. The number of ether oxygens (including phenoxy) is 3. The van der Waals surface area contributed by atoms with Crippen LogP contribution >= 0.6 is 0 Å². The molecule has 4 rings (SSSR count). The van der Waals surface area contributed by atoms with Crippen LogP contribution in [0.1, 0.15) is 51.1 Å². The van der Waals surface area contributed by atoms with Crippen molar-refractivity contribution in [3.05, 3.63) is 138 Å². The Morgan fingerprint density at radius 1 is 0.587 bits per heavy atom. The molecule has 10 heteroatoms. The lowest BCUT2D eigenvalue weighted by Crippen LogP contribution is -2.36. The van der Waals surface area contributed by atoms with Gasteiger partial charge in [-0.3, -0.25) is 9.59 Å². The van der Waals surface area contributed by atoms with Crippen LogP contribution in [0.5, 0.6) is 5.75 Å². The lowest BCUT2D eigenvalue weighted by atomic mass is 10.0. The highest BCUT2D eigenvalue weighted by molar-refractivity contribution is 5.94. The summed E-state index contributed by atoms with van der Waals surface area (Å²) in [5.74, 6) is -0.991. The normalized spacial score (nSPS) is 12.6. The summed E-state index contributed by atoms with van der Waals surface area (Å²) in [5, 5.41) is 5.78. The van der Waals surface area contributed by atoms with Gasteiger partial charge < -0.3 is 24.8 Å². The molecular weight excluding hydrogens is 597 g/mol. The molecule has 0 saturated heterocycles. The van der Waals surface area contributed by atoms with Gasteiger partial charge in [0, 0.05) is 24.2 Å². The van der Waals surface area contributed by atoms with Crippen LogP contribution in [-0.2, 0) is 22.7 Å². The van der Waals surface area contributed by atoms with Gasteiger partial charge in [0.2, 0.25) is 0 Å². The second-order valence-electron chi connectivity index (χ2n) is 10.6. The highest BCUT2D eigenvalue weighted by atomic mass is 19.4. The summed E-state index contributed by atoms with van der Waals surface area (Å²) < 4.78 is 54.0. The molecule has 242 valence electrons. The molecule has 0 aliphatic rings. The Morgan fingerprint density at radius 2 is 1.04 bits per heavy atom. The summed E-state index contributed by atoms with van der Waals surface area (Å²) in [7, 11) is 0. The van der Waals surface area contributed by atoms with Crippen molar-refractivity contribution in [3.63, 3.8) is 0 Å². The molecule has 0 spiro atoms.